The largest absolute Gasteiger partial charge is 0.346 e. The second kappa shape index (κ2) is 8.24. The summed E-state index contributed by atoms with van der Waals surface area (Å²) < 4.78 is 14.6. The van der Waals surface area contributed by atoms with Gasteiger partial charge in [-0.3, -0.25) is 19.6 Å². The molecule has 0 aliphatic heterocycles. The highest BCUT2D eigenvalue weighted by molar-refractivity contribution is 5.98. The molecule has 7 heteroatoms. The van der Waals surface area contributed by atoms with Crippen LogP contribution in [0.3, 0.4) is 0 Å². The Morgan fingerprint density at radius 1 is 1.13 bits per heavy atom. The molecule has 150 valence electrons. The van der Waals surface area contributed by atoms with Gasteiger partial charge in [0.15, 0.2) is 0 Å². The van der Waals surface area contributed by atoms with Crippen molar-refractivity contribution in [1.29, 1.82) is 0 Å². The number of fused-ring (bicyclic) bond motifs is 1. The summed E-state index contributed by atoms with van der Waals surface area (Å²) in [5.41, 5.74) is 2.70. The Bertz CT molecular complexity index is 1270. The summed E-state index contributed by atoms with van der Waals surface area (Å²) in [6.07, 6.45) is 2.81. The fourth-order valence-corrected chi connectivity index (χ4v) is 3.22. The fraction of sp³-hybridized carbons (Fsp3) is 0.130. The third kappa shape index (κ3) is 4.10. The first-order valence-electron chi connectivity index (χ1n) is 9.44. The zero-order valence-electron chi connectivity index (χ0n) is 16.3. The van der Waals surface area contributed by atoms with Crippen molar-refractivity contribution in [3.8, 4) is 0 Å². The van der Waals surface area contributed by atoms with Gasteiger partial charge in [-0.2, -0.15) is 0 Å². The Balaban J connectivity index is 1.62. The molecule has 0 atom stereocenters. The summed E-state index contributed by atoms with van der Waals surface area (Å²) in [5.74, 6) is -0.808. The average Bonchev–Trinajstić information content (AvgIpc) is 2.75. The minimum Gasteiger partial charge on any atom is -0.346 e. The summed E-state index contributed by atoms with van der Waals surface area (Å²) in [6, 6.07) is 15.8. The van der Waals surface area contributed by atoms with Crippen LogP contribution in [-0.2, 0) is 13.1 Å². The molecule has 0 bridgehead atoms. The Morgan fingerprint density at radius 2 is 1.93 bits per heavy atom. The number of aryl methyl sites for hydroxylation is 1. The SMILES string of the molecule is Cc1nc2ccn(Cc3ccccc3)c(=O)c2cc1C(=O)NCc1ccc(F)cn1. The molecule has 0 saturated heterocycles. The lowest BCUT2D eigenvalue weighted by Gasteiger charge is -2.11. The standard InChI is InChI=1S/C23H19FN4O2/c1-15-19(22(29)26-13-18-8-7-17(24)12-25-18)11-20-21(27-15)9-10-28(23(20)30)14-16-5-3-2-4-6-16/h2-12H,13-14H2,1H3,(H,26,29). The molecule has 0 unspecified atom stereocenters. The molecule has 0 fully saturated rings. The lowest BCUT2D eigenvalue weighted by atomic mass is 10.1. The molecule has 6 nitrogen and oxygen atoms in total. The van der Waals surface area contributed by atoms with E-state index in [0.29, 0.717) is 34.4 Å². The predicted molar refractivity (Wildman–Crippen MR) is 112 cm³/mol. The van der Waals surface area contributed by atoms with E-state index in [1.54, 1.807) is 29.8 Å². The van der Waals surface area contributed by atoms with E-state index in [9.17, 15) is 14.0 Å². The van der Waals surface area contributed by atoms with Crippen LogP contribution in [0.25, 0.3) is 10.9 Å². The van der Waals surface area contributed by atoms with Crippen molar-refractivity contribution < 1.29 is 9.18 Å². The van der Waals surface area contributed by atoms with Crippen LogP contribution in [0, 0.1) is 12.7 Å². The molecule has 0 saturated carbocycles. The monoisotopic (exact) mass is 402 g/mol. The number of carbonyl (C=O) groups is 1. The molecule has 0 spiro atoms. The lowest BCUT2D eigenvalue weighted by molar-refractivity contribution is 0.0949. The van der Waals surface area contributed by atoms with Gasteiger partial charge >= 0.3 is 0 Å². The van der Waals surface area contributed by atoms with E-state index in [-0.39, 0.29) is 18.0 Å². The third-order valence-corrected chi connectivity index (χ3v) is 4.81. The van der Waals surface area contributed by atoms with Gasteiger partial charge in [0.05, 0.1) is 47.1 Å². The molecular weight excluding hydrogens is 383 g/mol. The summed E-state index contributed by atoms with van der Waals surface area (Å²) in [7, 11) is 0. The van der Waals surface area contributed by atoms with Crippen molar-refractivity contribution in [3.63, 3.8) is 0 Å². The molecule has 3 heterocycles. The van der Waals surface area contributed by atoms with Gasteiger partial charge in [-0.05, 0) is 36.8 Å². The zero-order chi connectivity index (χ0) is 21.1. The average molecular weight is 402 g/mol. The van der Waals surface area contributed by atoms with Crippen LogP contribution in [0.5, 0.6) is 0 Å². The number of nitrogens with zero attached hydrogens (tertiary/aromatic N) is 3. The molecule has 1 aromatic carbocycles. The number of hydrogen-bond acceptors (Lipinski definition) is 4. The Hall–Kier alpha value is -3.87. The van der Waals surface area contributed by atoms with Crippen LogP contribution >= 0.6 is 0 Å². The molecule has 0 radical (unpaired) electrons. The Kier molecular flexibility index (Phi) is 5.34. The summed E-state index contributed by atoms with van der Waals surface area (Å²) in [6.45, 7) is 2.30. The van der Waals surface area contributed by atoms with E-state index in [4.69, 9.17) is 0 Å². The maximum absolute atomic E-state index is 13.0. The van der Waals surface area contributed by atoms with Crippen molar-refractivity contribution in [1.82, 2.24) is 19.9 Å². The highest BCUT2D eigenvalue weighted by Gasteiger charge is 2.14. The number of nitrogens with one attached hydrogen (secondary N) is 1. The van der Waals surface area contributed by atoms with Crippen molar-refractivity contribution in [2.45, 2.75) is 20.0 Å². The summed E-state index contributed by atoms with van der Waals surface area (Å²) in [5, 5.41) is 3.12. The second-order valence-corrected chi connectivity index (χ2v) is 6.94. The van der Waals surface area contributed by atoms with Crippen LogP contribution in [0.4, 0.5) is 4.39 Å². The van der Waals surface area contributed by atoms with Gasteiger partial charge in [0.2, 0.25) is 0 Å². The third-order valence-electron chi connectivity index (χ3n) is 4.81. The van der Waals surface area contributed by atoms with Gasteiger partial charge in [0, 0.05) is 6.20 Å². The van der Waals surface area contributed by atoms with E-state index < -0.39 is 5.82 Å². The number of benzene rings is 1. The molecular formula is C23H19FN4O2. The molecule has 1 N–H and O–H groups in total. The highest BCUT2D eigenvalue weighted by Crippen LogP contribution is 2.14. The molecule has 3 aromatic heterocycles. The van der Waals surface area contributed by atoms with Crippen molar-refractivity contribution in [2.75, 3.05) is 0 Å². The molecule has 0 aliphatic carbocycles. The summed E-state index contributed by atoms with van der Waals surface area (Å²) >= 11 is 0. The highest BCUT2D eigenvalue weighted by atomic mass is 19.1. The van der Waals surface area contributed by atoms with Gasteiger partial charge in [0.1, 0.15) is 5.82 Å². The number of pyridine rings is 3. The molecule has 4 aromatic rings. The van der Waals surface area contributed by atoms with E-state index in [2.05, 4.69) is 15.3 Å². The van der Waals surface area contributed by atoms with Crippen molar-refractivity contribution in [3.05, 3.63) is 106 Å². The first kappa shape index (κ1) is 19.4. The van der Waals surface area contributed by atoms with Crippen LogP contribution in [0.2, 0.25) is 0 Å². The number of hydrogen-bond donors (Lipinski definition) is 1. The molecule has 4 rings (SSSR count). The second-order valence-electron chi connectivity index (χ2n) is 6.94. The smallest absolute Gasteiger partial charge is 0.260 e. The van der Waals surface area contributed by atoms with Crippen LogP contribution in [-0.4, -0.2) is 20.4 Å². The molecule has 30 heavy (non-hydrogen) atoms. The predicted octanol–water partition coefficient (Wildman–Crippen LogP) is 3.22. The fourth-order valence-electron chi connectivity index (χ4n) is 3.22. The van der Waals surface area contributed by atoms with E-state index in [1.807, 2.05) is 30.3 Å². The van der Waals surface area contributed by atoms with Gasteiger partial charge < -0.3 is 9.88 Å². The summed E-state index contributed by atoms with van der Waals surface area (Å²) in [4.78, 5) is 34.0. The number of aromatic nitrogens is 3. The topological polar surface area (TPSA) is 76.9 Å². The lowest BCUT2D eigenvalue weighted by Crippen LogP contribution is -2.26. The number of amides is 1. The van der Waals surface area contributed by atoms with Gasteiger partial charge in [-0.1, -0.05) is 30.3 Å². The van der Waals surface area contributed by atoms with Gasteiger partial charge in [0.25, 0.3) is 11.5 Å². The quantitative estimate of drug-likeness (QED) is 0.556. The minimum atomic E-state index is -0.438. The minimum absolute atomic E-state index is 0.142. The van der Waals surface area contributed by atoms with Gasteiger partial charge in [-0.25, -0.2) is 4.39 Å². The molecule has 0 aliphatic rings. The van der Waals surface area contributed by atoms with Crippen LogP contribution < -0.4 is 10.9 Å². The maximum atomic E-state index is 13.0. The van der Waals surface area contributed by atoms with Gasteiger partial charge in [-0.15, -0.1) is 0 Å². The van der Waals surface area contributed by atoms with E-state index in [0.717, 1.165) is 11.8 Å². The first-order valence-corrected chi connectivity index (χ1v) is 9.44. The van der Waals surface area contributed by atoms with E-state index in [1.165, 1.54) is 12.1 Å². The van der Waals surface area contributed by atoms with Crippen molar-refractivity contribution in [2.24, 2.45) is 0 Å². The number of carbonyl (C=O) groups excluding carboxylic acids is 1. The van der Waals surface area contributed by atoms with Crippen LogP contribution in [0.15, 0.2) is 71.8 Å². The molecule has 1 amide bonds. The zero-order valence-corrected chi connectivity index (χ0v) is 16.3. The number of halogens is 1. The Labute approximate surface area is 172 Å². The first-order chi connectivity index (χ1) is 14.5. The Morgan fingerprint density at radius 3 is 2.67 bits per heavy atom. The normalized spacial score (nSPS) is 10.9. The maximum Gasteiger partial charge on any atom is 0.260 e. The van der Waals surface area contributed by atoms with E-state index >= 15 is 0 Å². The van der Waals surface area contributed by atoms with Crippen LogP contribution in [0.1, 0.15) is 27.3 Å². The van der Waals surface area contributed by atoms with Crippen molar-refractivity contribution >= 4 is 16.8 Å². The number of rotatable bonds is 5.